The molecule has 1 unspecified atom stereocenters. The summed E-state index contributed by atoms with van der Waals surface area (Å²) in [7, 11) is 0. The molecule has 0 aliphatic carbocycles. The van der Waals surface area contributed by atoms with E-state index in [1.165, 1.54) is 0 Å². The minimum Gasteiger partial charge on any atom is -0.349 e. The third-order valence-corrected chi connectivity index (χ3v) is 1.90. The average Bonchev–Trinajstić information content (AvgIpc) is 2.55. The van der Waals surface area contributed by atoms with E-state index in [1.54, 1.807) is 12.4 Å². The van der Waals surface area contributed by atoms with E-state index in [2.05, 4.69) is 15.5 Å². The highest BCUT2D eigenvalue weighted by atomic mass is 16.1. The molecular weight excluding hydrogens is 166 g/mol. The Labute approximate surface area is 77.7 Å². The number of nitrogens with zero attached hydrogens (tertiary/aromatic N) is 1. The third-order valence-electron chi connectivity index (χ3n) is 1.90. The molecule has 1 atom stereocenters. The van der Waals surface area contributed by atoms with Gasteiger partial charge < -0.3 is 5.32 Å². The summed E-state index contributed by atoms with van der Waals surface area (Å²) in [5.41, 5.74) is 0.994. The smallest absolute Gasteiger partial charge is 0.223 e. The quantitative estimate of drug-likeness (QED) is 0.737. The first kappa shape index (κ1) is 9.77. The van der Waals surface area contributed by atoms with Crippen LogP contribution in [-0.4, -0.2) is 16.1 Å². The van der Waals surface area contributed by atoms with Crippen LogP contribution in [0, 0.1) is 5.92 Å². The zero-order valence-corrected chi connectivity index (χ0v) is 8.16. The van der Waals surface area contributed by atoms with Crippen LogP contribution in [0.25, 0.3) is 0 Å². The normalized spacial score (nSPS) is 12.9. The summed E-state index contributed by atoms with van der Waals surface area (Å²) in [5.74, 6) is 0.0862. The molecule has 0 saturated heterocycles. The van der Waals surface area contributed by atoms with E-state index >= 15 is 0 Å². The third kappa shape index (κ3) is 2.57. The van der Waals surface area contributed by atoms with Gasteiger partial charge in [-0.3, -0.25) is 9.89 Å². The molecule has 0 aliphatic heterocycles. The molecule has 1 heterocycles. The Morgan fingerprint density at radius 3 is 2.69 bits per heavy atom. The van der Waals surface area contributed by atoms with Gasteiger partial charge in [-0.25, -0.2) is 0 Å². The number of amides is 1. The highest BCUT2D eigenvalue weighted by Gasteiger charge is 2.12. The van der Waals surface area contributed by atoms with Gasteiger partial charge >= 0.3 is 0 Å². The van der Waals surface area contributed by atoms with Crippen LogP contribution in [0.15, 0.2) is 12.4 Å². The molecule has 4 heteroatoms. The number of H-pyrrole nitrogens is 1. The lowest BCUT2D eigenvalue weighted by Gasteiger charge is -2.13. The molecule has 0 fully saturated rings. The second-order valence-electron chi connectivity index (χ2n) is 3.42. The van der Waals surface area contributed by atoms with Gasteiger partial charge in [-0.2, -0.15) is 5.10 Å². The minimum atomic E-state index is 0.0219. The molecular formula is C9H15N3O. The van der Waals surface area contributed by atoms with Gasteiger partial charge in [-0.1, -0.05) is 13.8 Å². The van der Waals surface area contributed by atoms with E-state index in [9.17, 15) is 4.79 Å². The summed E-state index contributed by atoms with van der Waals surface area (Å²) < 4.78 is 0. The van der Waals surface area contributed by atoms with Crippen molar-refractivity contribution in [1.29, 1.82) is 0 Å². The SMILES string of the molecule is CC(C)C(=O)NC(C)c1cn[nH]c1. The fraction of sp³-hybridized carbons (Fsp3) is 0.556. The lowest BCUT2D eigenvalue weighted by molar-refractivity contribution is -0.124. The summed E-state index contributed by atoms with van der Waals surface area (Å²) >= 11 is 0. The lowest BCUT2D eigenvalue weighted by Crippen LogP contribution is -2.30. The number of carbonyl (C=O) groups is 1. The zero-order valence-electron chi connectivity index (χ0n) is 8.16. The average molecular weight is 181 g/mol. The molecule has 0 radical (unpaired) electrons. The highest BCUT2D eigenvalue weighted by molar-refractivity contribution is 5.78. The molecule has 2 N–H and O–H groups in total. The molecule has 0 aliphatic rings. The van der Waals surface area contributed by atoms with Crippen molar-refractivity contribution in [2.24, 2.45) is 5.92 Å². The van der Waals surface area contributed by atoms with Crippen molar-refractivity contribution >= 4 is 5.91 Å². The number of hydrogen-bond donors (Lipinski definition) is 2. The molecule has 72 valence electrons. The Hall–Kier alpha value is -1.32. The number of aromatic amines is 1. The lowest BCUT2D eigenvalue weighted by atomic mass is 10.1. The standard InChI is InChI=1S/C9H15N3O/c1-6(2)9(13)12-7(3)8-4-10-11-5-8/h4-7H,1-3H3,(H,10,11)(H,12,13). The number of aromatic nitrogens is 2. The van der Waals surface area contributed by atoms with Crippen LogP contribution in [0.3, 0.4) is 0 Å². The van der Waals surface area contributed by atoms with Gasteiger partial charge in [-0.15, -0.1) is 0 Å². The molecule has 1 amide bonds. The van der Waals surface area contributed by atoms with E-state index in [0.29, 0.717) is 0 Å². The van der Waals surface area contributed by atoms with Crippen LogP contribution in [0.2, 0.25) is 0 Å². The van der Waals surface area contributed by atoms with Crippen molar-refractivity contribution in [3.05, 3.63) is 18.0 Å². The first-order valence-electron chi connectivity index (χ1n) is 4.40. The maximum atomic E-state index is 11.3. The number of nitrogens with one attached hydrogen (secondary N) is 2. The fourth-order valence-corrected chi connectivity index (χ4v) is 0.961. The summed E-state index contributed by atoms with van der Waals surface area (Å²) in [4.78, 5) is 11.3. The van der Waals surface area contributed by atoms with Crippen molar-refractivity contribution < 1.29 is 4.79 Å². The Balaban J connectivity index is 2.51. The van der Waals surface area contributed by atoms with Crippen LogP contribution in [0.1, 0.15) is 32.4 Å². The first-order valence-corrected chi connectivity index (χ1v) is 4.40. The first-order chi connectivity index (χ1) is 6.11. The van der Waals surface area contributed by atoms with Crippen molar-refractivity contribution in [3.63, 3.8) is 0 Å². The van der Waals surface area contributed by atoms with Gasteiger partial charge in [0, 0.05) is 17.7 Å². The maximum Gasteiger partial charge on any atom is 0.223 e. The van der Waals surface area contributed by atoms with Crippen LogP contribution in [-0.2, 0) is 4.79 Å². The molecule has 1 rings (SSSR count). The van der Waals surface area contributed by atoms with Gasteiger partial charge in [0.2, 0.25) is 5.91 Å². The summed E-state index contributed by atoms with van der Waals surface area (Å²) in [5, 5.41) is 9.41. The second-order valence-corrected chi connectivity index (χ2v) is 3.42. The van der Waals surface area contributed by atoms with Crippen LogP contribution in [0.4, 0.5) is 0 Å². The van der Waals surface area contributed by atoms with Crippen LogP contribution < -0.4 is 5.32 Å². The monoisotopic (exact) mass is 181 g/mol. The largest absolute Gasteiger partial charge is 0.349 e. The van der Waals surface area contributed by atoms with Gasteiger partial charge in [0.25, 0.3) is 0 Å². The van der Waals surface area contributed by atoms with Crippen molar-refractivity contribution in [2.45, 2.75) is 26.8 Å². The van der Waals surface area contributed by atoms with E-state index in [-0.39, 0.29) is 17.9 Å². The molecule has 0 spiro atoms. The fourth-order valence-electron chi connectivity index (χ4n) is 0.961. The number of hydrogen-bond acceptors (Lipinski definition) is 2. The Morgan fingerprint density at radius 2 is 2.23 bits per heavy atom. The summed E-state index contributed by atoms with van der Waals surface area (Å²) in [6.07, 6.45) is 3.50. The van der Waals surface area contributed by atoms with Crippen molar-refractivity contribution in [1.82, 2.24) is 15.5 Å². The molecule has 13 heavy (non-hydrogen) atoms. The Kier molecular flexibility index (Phi) is 3.06. The van der Waals surface area contributed by atoms with Gasteiger partial charge in [-0.05, 0) is 6.92 Å². The highest BCUT2D eigenvalue weighted by Crippen LogP contribution is 2.09. The number of carbonyl (C=O) groups excluding carboxylic acids is 1. The predicted molar refractivity (Wildman–Crippen MR) is 50.0 cm³/mol. The second kappa shape index (κ2) is 4.07. The molecule has 0 saturated carbocycles. The summed E-state index contributed by atoms with van der Waals surface area (Å²) in [6, 6.07) is 0.0219. The predicted octanol–water partition coefficient (Wildman–Crippen LogP) is 1.24. The van der Waals surface area contributed by atoms with Gasteiger partial charge in [0.15, 0.2) is 0 Å². The zero-order chi connectivity index (χ0) is 9.84. The molecule has 1 aromatic heterocycles. The molecule has 0 bridgehead atoms. The van der Waals surface area contributed by atoms with E-state index in [4.69, 9.17) is 0 Å². The van der Waals surface area contributed by atoms with Gasteiger partial charge in [0.1, 0.15) is 0 Å². The summed E-state index contributed by atoms with van der Waals surface area (Å²) in [6.45, 7) is 5.68. The van der Waals surface area contributed by atoms with Gasteiger partial charge in [0.05, 0.1) is 12.2 Å². The van der Waals surface area contributed by atoms with E-state index < -0.39 is 0 Å². The number of rotatable bonds is 3. The molecule has 1 aromatic rings. The van der Waals surface area contributed by atoms with E-state index in [0.717, 1.165) is 5.56 Å². The Bertz CT molecular complexity index is 266. The minimum absolute atomic E-state index is 0.0219. The maximum absolute atomic E-state index is 11.3. The van der Waals surface area contributed by atoms with Crippen molar-refractivity contribution in [3.8, 4) is 0 Å². The topological polar surface area (TPSA) is 57.8 Å². The van der Waals surface area contributed by atoms with Crippen LogP contribution >= 0.6 is 0 Å². The molecule has 4 nitrogen and oxygen atoms in total. The Morgan fingerprint density at radius 1 is 1.54 bits per heavy atom. The van der Waals surface area contributed by atoms with E-state index in [1.807, 2.05) is 20.8 Å². The van der Waals surface area contributed by atoms with Crippen LogP contribution in [0.5, 0.6) is 0 Å². The molecule has 0 aromatic carbocycles. The van der Waals surface area contributed by atoms with Crippen molar-refractivity contribution in [2.75, 3.05) is 0 Å².